The third-order valence-electron chi connectivity index (χ3n) is 2.71. The number of hydrogen-bond donors (Lipinski definition) is 1. The first-order valence-electron chi connectivity index (χ1n) is 5.26. The fourth-order valence-corrected chi connectivity index (χ4v) is 2.93. The average Bonchev–Trinajstić information content (AvgIpc) is 2.60. The van der Waals surface area contributed by atoms with Gasteiger partial charge in [-0.05, 0) is 66.3 Å². The van der Waals surface area contributed by atoms with Crippen molar-refractivity contribution in [3.8, 4) is 0 Å². The Balaban J connectivity index is 2.46. The Labute approximate surface area is 123 Å². The second-order valence-electron chi connectivity index (χ2n) is 4.01. The van der Waals surface area contributed by atoms with E-state index in [2.05, 4.69) is 50.7 Å². The van der Waals surface area contributed by atoms with E-state index in [1.165, 1.54) is 0 Å². The predicted octanol–water partition coefficient (Wildman–Crippen LogP) is 4.31. The smallest absolute Gasteiger partial charge is 0.106 e. The van der Waals surface area contributed by atoms with Crippen LogP contribution in [0.15, 0.2) is 33.2 Å². The van der Waals surface area contributed by atoms with Crippen LogP contribution in [0.1, 0.15) is 28.7 Å². The minimum atomic E-state index is -0.142. The Morgan fingerprint density at radius 2 is 1.94 bits per heavy atom. The molecule has 2 rings (SSSR count). The number of rotatable bonds is 2. The molecule has 1 atom stereocenters. The summed E-state index contributed by atoms with van der Waals surface area (Å²) in [5.41, 5.74) is 8.48. The van der Waals surface area contributed by atoms with Gasteiger partial charge in [0.15, 0.2) is 0 Å². The molecule has 0 aliphatic rings. The van der Waals surface area contributed by atoms with Gasteiger partial charge in [0.25, 0.3) is 0 Å². The topological polar surface area (TPSA) is 39.2 Å². The molecule has 0 aliphatic heterocycles. The van der Waals surface area contributed by atoms with Crippen molar-refractivity contribution in [2.45, 2.75) is 19.9 Å². The number of furan rings is 1. The molecule has 4 heteroatoms. The minimum absolute atomic E-state index is 0.142. The zero-order valence-electron chi connectivity index (χ0n) is 9.63. The summed E-state index contributed by atoms with van der Waals surface area (Å²) in [5.74, 6) is 1.80. The summed E-state index contributed by atoms with van der Waals surface area (Å²) < 4.78 is 7.74. The van der Waals surface area contributed by atoms with Gasteiger partial charge in [-0.25, -0.2) is 0 Å². The molecule has 0 saturated carbocycles. The zero-order valence-corrected chi connectivity index (χ0v) is 13.4. The normalized spacial score (nSPS) is 12.8. The number of benzene rings is 1. The maximum absolute atomic E-state index is 6.31. The first kappa shape index (κ1) is 13.1. The molecule has 1 unspecified atom stereocenters. The van der Waals surface area contributed by atoms with Crippen LogP contribution < -0.4 is 5.73 Å². The van der Waals surface area contributed by atoms with Gasteiger partial charge in [-0.15, -0.1) is 0 Å². The van der Waals surface area contributed by atoms with Crippen molar-refractivity contribution in [3.05, 3.63) is 55.0 Å². The van der Waals surface area contributed by atoms with Crippen LogP contribution in [0.4, 0.5) is 0 Å². The molecule has 0 amide bonds. The largest absolute Gasteiger partial charge is 0.466 e. The van der Waals surface area contributed by atoms with E-state index in [4.69, 9.17) is 10.2 Å². The standard InChI is InChI=1S/C13H13BrINO/c1-7-5-10(8(2)17-7)13(16)11-6-9(14)3-4-12(11)15/h3-6,13H,16H2,1-2H3. The quantitative estimate of drug-likeness (QED) is 0.756. The number of halogens is 2. The molecular formula is C13H13BrINO. The molecule has 1 aromatic heterocycles. The first-order valence-corrected chi connectivity index (χ1v) is 7.13. The van der Waals surface area contributed by atoms with E-state index < -0.39 is 0 Å². The molecule has 0 aliphatic carbocycles. The van der Waals surface area contributed by atoms with E-state index in [0.29, 0.717) is 0 Å². The average molecular weight is 406 g/mol. The van der Waals surface area contributed by atoms with Crippen LogP contribution in [0.5, 0.6) is 0 Å². The van der Waals surface area contributed by atoms with Crippen molar-refractivity contribution in [3.63, 3.8) is 0 Å². The summed E-state index contributed by atoms with van der Waals surface area (Å²) in [6.07, 6.45) is 0. The number of aryl methyl sites for hydroxylation is 2. The van der Waals surface area contributed by atoms with Crippen molar-refractivity contribution >= 4 is 38.5 Å². The highest BCUT2D eigenvalue weighted by molar-refractivity contribution is 14.1. The lowest BCUT2D eigenvalue weighted by Crippen LogP contribution is -2.13. The lowest BCUT2D eigenvalue weighted by atomic mass is 10.0. The Morgan fingerprint density at radius 3 is 2.53 bits per heavy atom. The molecule has 0 spiro atoms. The van der Waals surface area contributed by atoms with Crippen LogP contribution in [0.3, 0.4) is 0 Å². The Kier molecular flexibility index (Phi) is 3.95. The highest BCUT2D eigenvalue weighted by Crippen LogP contribution is 2.30. The summed E-state index contributed by atoms with van der Waals surface area (Å²) >= 11 is 5.78. The lowest BCUT2D eigenvalue weighted by molar-refractivity contribution is 0.499. The molecule has 0 saturated heterocycles. The summed E-state index contributed by atoms with van der Waals surface area (Å²) in [5, 5.41) is 0. The van der Waals surface area contributed by atoms with E-state index in [9.17, 15) is 0 Å². The number of hydrogen-bond acceptors (Lipinski definition) is 2. The van der Waals surface area contributed by atoms with Gasteiger partial charge in [0.05, 0.1) is 6.04 Å². The van der Waals surface area contributed by atoms with Gasteiger partial charge in [0, 0.05) is 13.6 Å². The molecule has 0 radical (unpaired) electrons. The van der Waals surface area contributed by atoms with Gasteiger partial charge < -0.3 is 10.2 Å². The molecule has 2 N–H and O–H groups in total. The Bertz CT molecular complexity index is 550. The van der Waals surface area contributed by atoms with Crippen molar-refractivity contribution in [2.75, 3.05) is 0 Å². The third kappa shape index (κ3) is 2.74. The van der Waals surface area contributed by atoms with Crippen LogP contribution >= 0.6 is 38.5 Å². The molecular weight excluding hydrogens is 393 g/mol. The Morgan fingerprint density at radius 1 is 1.24 bits per heavy atom. The highest BCUT2D eigenvalue weighted by atomic mass is 127. The van der Waals surface area contributed by atoms with Crippen LogP contribution in [-0.2, 0) is 0 Å². The van der Waals surface area contributed by atoms with Crippen LogP contribution in [-0.4, -0.2) is 0 Å². The maximum Gasteiger partial charge on any atom is 0.106 e. The molecule has 1 heterocycles. The monoisotopic (exact) mass is 405 g/mol. The maximum atomic E-state index is 6.31. The van der Waals surface area contributed by atoms with Gasteiger partial charge >= 0.3 is 0 Å². The fraction of sp³-hybridized carbons (Fsp3) is 0.231. The van der Waals surface area contributed by atoms with Gasteiger partial charge in [0.2, 0.25) is 0 Å². The summed E-state index contributed by atoms with van der Waals surface area (Å²) in [4.78, 5) is 0. The number of nitrogens with two attached hydrogens (primary N) is 1. The fourth-order valence-electron chi connectivity index (χ4n) is 1.88. The second kappa shape index (κ2) is 5.12. The predicted molar refractivity (Wildman–Crippen MR) is 81.1 cm³/mol. The van der Waals surface area contributed by atoms with Crippen molar-refractivity contribution in [1.82, 2.24) is 0 Å². The van der Waals surface area contributed by atoms with E-state index in [1.807, 2.05) is 26.0 Å². The first-order chi connectivity index (χ1) is 7.99. The third-order valence-corrected chi connectivity index (χ3v) is 4.18. The van der Waals surface area contributed by atoms with Gasteiger partial charge in [-0.1, -0.05) is 15.9 Å². The van der Waals surface area contributed by atoms with Gasteiger partial charge in [0.1, 0.15) is 11.5 Å². The van der Waals surface area contributed by atoms with Crippen molar-refractivity contribution in [2.24, 2.45) is 5.73 Å². The molecule has 0 fully saturated rings. The highest BCUT2D eigenvalue weighted by Gasteiger charge is 2.17. The van der Waals surface area contributed by atoms with Crippen LogP contribution in [0.2, 0.25) is 0 Å². The van der Waals surface area contributed by atoms with Crippen LogP contribution in [0.25, 0.3) is 0 Å². The molecule has 1 aromatic carbocycles. The molecule has 2 aromatic rings. The summed E-state index contributed by atoms with van der Waals surface area (Å²) in [7, 11) is 0. The van der Waals surface area contributed by atoms with E-state index in [0.717, 1.165) is 30.7 Å². The minimum Gasteiger partial charge on any atom is -0.466 e. The van der Waals surface area contributed by atoms with Gasteiger partial charge in [-0.2, -0.15) is 0 Å². The van der Waals surface area contributed by atoms with Gasteiger partial charge in [-0.3, -0.25) is 0 Å². The lowest BCUT2D eigenvalue weighted by Gasteiger charge is -2.13. The molecule has 90 valence electrons. The van der Waals surface area contributed by atoms with Crippen LogP contribution in [0, 0.1) is 17.4 Å². The van der Waals surface area contributed by atoms with E-state index >= 15 is 0 Å². The van der Waals surface area contributed by atoms with Crippen molar-refractivity contribution < 1.29 is 4.42 Å². The molecule has 17 heavy (non-hydrogen) atoms. The zero-order chi connectivity index (χ0) is 12.6. The summed E-state index contributed by atoms with van der Waals surface area (Å²) in [6, 6.07) is 8.01. The van der Waals surface area contributed by atoms with E-state index in [-0.39, 0.29) is 6.04 Å². The van der Waals surface area contributed by atoms with Crippen molar-refractivity contribution in [1.29, 1.82) is 0 Å². The SMILES string of the molecule is Cc1cc(C(N)c2cc(Br)ccc2I)c(C)o1. The Hall–Kier alpha value is -0.330. The second-order valence-corrected chi connectivity index (χ2v) is 6.09. The molecule has 2 nitrogen and oxygen atoms in total. The molecule has 0 bridgehead atoms. The van der Waals surface area contributed by atoms with E-state index in [1.54, 1.807) is 0 Å². The summed E-state index contributed by atoms with van der Waals surface area (Å²) in [6.45, 7) is 3.89.